The van der Waals surface area contributed by atoms with Crippen LogP contribution in [0.1, 0.15) is 59.7 Å². The number of phenolic OH excluding ortho intramolecular Hbond substituents is 2. The number of thiocarbonyl (C=S) groups is 1. The molecule has 1 spiro atoms. The number of unbranched alkanes of at least 4 members (excludes halogenated alkanes) is 2. The molecule has 2 heterocycles. The van der Waals surface area contributed by atoms with Crippen molar-refractivity contribution in [1.29, 1.82) is 0 Å². The lowest BCUT2D eigenvalue weighted by Crippen LogP contribution is -2.43. The third-order valence-corrected chi connectivity index (χ3v) is 6.74. The summed E-state index contributed by atoms with van der Waals surface area (Å²) in [6.45, 7) is 2.12. The molecular formula is C27H27N3O5S. The quantitative estimate of drug-likeness (QED) is 0.105. The molecule has 5 rings (SSSR count). The Morgan fingerprint density at radius 2 is 1.86 bits per heavy atom. The molecule has 0 radical (unpaired) electrons. The Hall–Kier alpha value is -3.82. The van der Waals surface area contributed by atoms with Crippen LogP contribution in [0.3, 0.4) is 0 Å². The first-order valence-corrected chi connectivity index (χ1v) is 12.3. The van der Waals surface area contributed by atoms with Gasteiger partial charge in [0, 0.05) is 17.2 Å². The first kappa shape index (κ1) is 23.9. The van der Waals surface area contributed by atoms with E-state index in [1.807, 2.05) is 12.1 Å². The van der Waals surface area contributed by atoms with E-state index in [9.17, 15) is 15.0 Å². The van der Waals surface area contributed by atoms with Crippen molar-refractivity contribution in [2.45, 2.75) is 44.4 Å². The van der Waals surface area contributed by atoms with E-state index in [1.54, 1.807) is 24.3 Å². The number of phenols is 2. The SMILES string of the molecule is CCCCCC(N)NC(=S)Nc1c(O)ccc2c1Oc1cc(O)ccc1C21OC(=O)c2ccccc21. The zero-order valence-electron chi connectivity index (χ0n) is 19.7. The topological polar surface area (TPSA) is 126 Å². The van der Waals surface area contributed by atoms with E-state index < -0.39 is 11.6 Å². The molecule has 2 aliphatic heterocycles. The van der Waals surface area contributed by atoms with E-state index in [-0.39, 0.29) is 40.0 Å². The van der Waals surface area contributed by atoms with Gasteiger partial charge in [-0.1, -0.05) is 44.4 Å². The highest BCUT2D eigenvalue weighted by atomic mass is 32.1. The smallest absolute Gasteiger partial charge is 0.340 e. The van der Waals surface area contributed by atoms with Crippen LogP contribution >= 0.6 is 12.2 Å². The third kappa shape index (κ3) is 3.90. The second kappa shape index (κ2) is 9.33. The number of aromatic hydroxyl groups is 2. The summed E-state index contributed by atoms with van der Waals surface area (Å²) in [5.41, 5.74) is 7.17. The summed E-state index contributed by atoms with van der Waals surface area (Å²) in [6.07, 6.45) is 3.52. The number of benzene rings is 3. The van der Waals surface area contributed by atoms with E-state index >= 15 is 0 Å². The minimum Gasteiger partial charge on any atom is -0.508 e. The molecule has 9 heteroatoms. The molecule has 2 aliphatic rings. The molecule has 3 aromatic rings. The number of carbonyl (C=O) groups excluding carboxylic acids is 1. The molecule has 8 nitrogen and oxygen atoms in total. The molecule has 0 saturated carbocycles. The van der Waals surface area contributed by atoms with Crippen LogP contribution in [0.15, 0.2) is 54.6 Å². The van der Waals surface area contributed by atoms with Gasteiger partial charge in [0.05, 0.1) is 17.3 Å². The molecule has 0 aromatic heterocycles. The number of hydrogen-bond donors (Lipinski definition) is 5. The number of carbonyl (C=O) groups is 1. The lowest BCUT2D eigenvalue weighted by Gasteiger charge is -2.37. The number of nitrogens with one attached hydrogen (secondary N) is 2. The number of nitrogens with two attached hydrogens (primary N) is 1. The number of ether oxygens (including phenoxy) is 2. The molecule has 0 amide bonds. The molecule has 0 saturated heterocycles. The van der Waals surface area contributed by atoms with Gasteiger partial charge in [0.25, 0.3) is 0 Å². The van der Waals surface area contributed by atoms with Crippen molar-refractivity contribution < 1.29 is 24.5 Å². The average molecular weight is 506 g/mol. The van der Waals surface area contributed by atoms with Crippen LogP contribution < -0.4 is 21.1 Å². The molecule has 2 unspecified atom stereocenters. The van der Waals surface area contributed by atoms with Gasteiger partial charge in [-0.15, -0.1) is 0 Å². The summed E-state index contributed by atoms with van der Waals surface area (Å²) in [5, 5.41) is 27.2. The molecule has 0 aliphatic carbocycles. The Balaban J connectivity index is 1.59. The van der Waals surface area contributed by atoms with Gasteiger partial charge in [-0.2, -0.15) is 0 Å². The van der Waals surface area contributed by atoms with Gasteiger partial charge < -0.3 is 36.1 Å². The number of anilines is 1. The number of fused-ring (bicyclic) bond motifs is 6. The fourth-order valence-corrected chi connectivity index (χ4v) is 5.09. The Morgan fingerprint density at radius 3 is 2.67 bits per heavy atom. The molecule has 0 fully saturated rings. The molecule has 36 heavy (non-hydrogen) atoms. The Kier molecular flexibility index (Phi) is 6.19. The molecule has 2 atom stereocenters. The highest BCUT2D eigenvalue weighted by molar-refractivity contribution is 7.80. The maximum absolute atomic E-state index is 13.0. The van der Waals surface area contributed by atoms with Gasteiger partial charge in [0.15, 0.2) is 16.5 Å². The van der Waals surface area contributed by atoms with E-state index in [4.69, 9.17) is 27.4 Å². The maximum atomic E-state index is 13.0. The predicted octanol–water partition coefficient (Wildman–Crippen LogP) is 4.82. The second-order valence-electron chi connectivity index (χ2n) is 8.94. The number of hydrogen-bond acceptors (Lipinski definition) is 7. The average Bonchev–Trinajstić information content (AvgIpc) is 3.14. The summed E-state index contributed by atoms with van der Waals surface area (Å²) in [7, 11) is 0. The van der Waals surface area contributed by atoms with Crippen LogP contribution in [0.4, 0.5) is 5.69 Å². The van der Waals surface area contributed by atoms with Crippen molar-refractivity contribution in [3.05, 3.63) is 76.9 Å². The monoisotopic (exact) mass is 505 g/mol. The van der Waals surface area contributed by atoms with Crippen molar-refractivity contribution in [2.24, 2.45) is 5.73 Å². The zero-order chi connectivity index (χ0) is 25.4. The molecule has 186 valence electrons. The van der Waals surface area contributed by atoms with Crippen LogP contribution in [0.25, 0.3) is 0 Å². The van der Waals surface area contributed by atoms with Crippen LogP contribution in [0.5, 0.6) is 23.0 Å². The van der Waals surface area contributed by atoms with Gasteiger partial charge in [-0.05, 0) is 49.0 Å². The van der Waals surface area contributed by atoms with E-state index in [1.165, 1.54) is 18.2 Å². The van der Waals surface area contributed by atoms with Gasteiger partial charge >= 0.3 is 5.97 Å². The summed E-state index contributed by atoms with van der Waals surface area (Å²) >= 11 is 5.47. The molecular weight excluding hydrogens is 478 g/mol. The van der Waals surface area contributed by atoms with Gasteiger partial charge in [-0.25, -0.2) is 4.79 Å². The number of esters is 1. The van der Waals surface area contributed by atoms with E-state index in [0.717, 1.165) is 25.7 Å². The van der Waals surface area contributed by atoms with Crippen molar-refractivity contribution in [3.63, 3.8) is 0 Å². The van der Waals surface area contributed by atoms with Gasteiger partial charge in [0.1, 0.15) is 22.9 Å². The highest BCUT2D eigenvalue weighted by Crippen LogP contribution is 2.59. The summed E-state index contributed by atoms with van der Waals surface area (Å²) in [5.74, 6) is -0.101. The molecule has 6 N–H and O–H groups in total. The maximum Gasteiger partial charge on any atom is 0.340 e. The lowest BCUT2D eigenvalue weighted by molar-refractivity contribution is 0.0224. The van der Waals surface area contributed by atoms with Gasteiger partial charge in [-0.3, -0.25) is 0 Å². The highest BCUT2D eigenvalue weighted by Gasteiger charge is 2.54. The van der Waals surface area contributed by atoms with Crippen LogP contribution in [0.2, 0.25) is 0 Å². The van der Waals surface area contributed by atoms with Crippen molar-refractivity contribution in [3.8, 4) is 23.0 Å². The van der Waals surface area contributed by atoms with Crippen molar-refractivity contribution >= 4 is 29.0 Å². The fraction of sp³-hybridized carbons (Fsp3) is 0.259. The fourth-order valence-electron chi connectivity index (χ4n) is 4.84. The Morgan fingerprint density at radius 1 is 1.08 bits per heavy atom. The van der Waals surface area contributed by atoms with Gasteiger partial charge in [0.2, 0.25) is 0 Å². The molecule has 3 aromatic carbocycles. The third-order valence-electron chi connectivity index (χ3n) is 6.52. The minimum atomic E-state index is -1.33. The second-order valence-corrected chi connectivity index (χ2v) is 9.34. The summed E-state index contributed by atoms with van der Waals surface area (Å²) in [4.78, 5) is 13.0. The number of rotatable bonds is 6. The largest absolute Gasteiger partial charge is 0.508 e. The Bertz CT molecular complexity index is 1360. The van der Waals surface area contributed by atoms with Crippen molar-refractivity contribution in [1.82, 2.24) is 5.32 Å². The first-order chi connectivity index (χ1) is 17.3. The lowest BCUT2D eigenvalue weighted by atomic mass is 9.77. The summed E-state index contributed by atoms with van der Waals surface area (Å²) in [6, 6.07) is 14.9. The van der Waals surface area contributed by atoms with E-state index in [2.05, 4.69) is 17.6 Å². The normalized spacial score (nSPS) is 17.9. The minimum absolute atomic E-state index is 0.0186. The van der Waals surface area contributed by atoms with Crippen LogP contribution in [0, 0.1) is 0 Å². The molecule has 0 bridgehead atoms. The van der Waals surface area contributed by atoms with E-state index in [0.29, 0.717) is 22.3 Å². The van der Waals surface area contributed by atoms with Crippen LogP contribution in [-0.2, 0) is 10.3 Å². The first-order valence-electron chi connectivity index (χ1n) is 11.9. The Labute approximate surface area is 214 Å². The predicted molar refractivity (Wildman–Crippen MR) is 140 cm³/mol. The van der Waals surface area contributed by atoms with Crippen molar-refractivity contribution in [2.75, 3.05) is 5.32 Å². The zero-order valence-corrected chi connectivity index (χ0v) is 20.5. The summed E-state index contributed by atoms with van der Waals surface area (Å²) < 4.78 is 12.3. The standard InChI is InChI=1S/C27H27N3O5S/c1-2-3-4-9-22(28)29-26(36)30-23-20(32)13-12-19-24(23)34-21-14-15(31)10-11-18(21)27(19)17-8-6-5-7-16(17)25(33)35-27/h5-8,10-14,22,31-32H,2-4,9,28H2,1H3,(H2,29,30,36). The van der Waals surface area contributed by atoms with Crippen LogP contribution in [-0.4, -0.2) is 27.5 Å².